The summed E-state index contributed by atoms with van der Waals surface area (Å²) in [7, 11) is 1.34. The number of carbonyl (C=O) groups excluding carboxylic acids is 3. The minimum atomic E-state index is -0.769. The molecule has 1 heterocycles. The van der Waals surface area contributed by atoms with Crippen molar-refractivity contribution in [2.75, 3.05) is 30.5 Å². The van der Waals surface area contributed by atoms with E-state index in [0.29, 0.717) is 5.69 Å². The van der Waals surface area contributed by atoms with Gasteiger partial charge < -0.3 is 19.7 Å². The zero-order chi connectivity index (χ0) is 24.8. The zero-order valence-corrected chi connectivity index (χ0v) is 19.3. The highest BCUT2D eigenvalue weighted by atomic mass is 16.6. The Hall–Kier alpha value is -3.95. The van der Waals surface area contributed by atoms with Crippen LogP contribution in [0.15, 0.2) is 36.4 Å². The first kappa shape index (κ1) is 24.7. The van der Waals surface area contributed by atoms with Gasteiger partial charge in [-0.25, -0.2) is 0 Å². The lowest BCUT2D eigenvalue weighted by Gasteiger charge is -2.19. The van der Waals surface area contributed by atoms with Gasteiger partial charge in [0.2, 0.25) is 5.91 Å². The highest BCUT2D eigenvalue weighted by Crippen LogP contribution is 2.36. The lowest BCUT2D eigenvalue weighted by Crippen LogP contribution is -2.28. The van der Waals surface area contributed by atoms with E-state index in [-0.39, 0.29) is 30.3 Å². The summed E-state index contributed by atoms with van der Waals surface area (Å²) < 4.78 is 10.4. The highest BCUT2D eigenvalue weighted by Gasteiger charge is 2.37. The van der Waals surface area contributed by atoms with Gasteiger partial charge in [-0.3, -0.25) is 24.5 Å². The lowest BCUT2D eigenvalue weighted by molar-refractivity contribution is -0.384. The van der Waals surface area contributed by atoms with Gasteiger partial charge in [0.15, 0.2) is 6.61 Å². The maximum Gasteiger partial charge on any atom is 0.311 e. The Morgan fingerprint density at radius 3 is 2.44 bits per heavy atom. The van der Waals surface area contributed by atoms with Crippen LogP contribution in [0.25, 0.3) is 0 Å². The van der Waals surface area contributed by atoms with Gasteiger partial charge in [0.05, 0.1) is 29.7 Å². The van der Waals surface area contributed by atoms with E-state index in [1.807, 2.05) is 32.0 Å². The molecule has 1 aliphatic rings. The normalized spacial score (nSPS) is 15.2. The number of amides is 2. The van der Waals surface area contributed by atoms with Crippen molar-refractivity contribution in [2.45, 2.75) is 33.1 Å². The summed E-state index contributed by atoms with van der Waals surface area (Å²) in [5.41, 5.74) is 2.88. The highest BCUT2D eigenvalue weighted by molar-refractivity contribution is 6.01. The number of non-ortho nitro benzene ring substituents is 1. The SMILES string of the molecule is CCc1cccc(CC)c1NC(=O)COC(=O)[C@@H]1CC(=O)N(c2ccc([N+](=O)[O-])cc2OC)C1. The number of carbonyl (C=O) groups is 3. The number of ether oxygens (including phenoxy) is 2. The molecule has 1 aliphatic heterocycles. The van der Waals surface area contributed by atoms with E-state index in [1.165, 1.54) is 30.2 Å². The Balaban J connectivity index is 1.63. The molecule has 1 saturated heterocycles. The van der Waals surface area contributed by atoms with Crippen LogP contribution in [0.4, 0.5) is 17.1 Å². The van der Waals surface area contributed by atoms with Crippen molar-refractivity contribution in [1.82, 2.24) is 0 Å². The van der Waals surface area contributed by atoms with Gasteiger partial charge in [-0.05, 0) is 30.0 Å². The van der Waals surface area contributed by atoms with E-state index in [0.717, 1.165) is 29.7 Å². The molecule has 0 bridgehead atoms. The standard InChI is InChI=1S/C24H27N3O7/c1-4-15-7-6-8-16(5-2)23(15)25-21(28)14-34-24(30)17-11-22(29)26(13-17)19-10-9-18(27(31)32)12-20(19)33-3/h6-10,12,17H,4-5,11,13-14H2,1-3H3,(H,25,28)/t17-/m1/s1. The van der Waals surface area contributed by atoms with Crippen molar-refractivity contribution in [1.29, 1.82) is 0 Å². The third-order valence-electron chi connectivity index (χ3n) is 5.73. The van der Waals surface area contributed by atoms with E-state index in [1.54, 1.807) is 0 Å². The Morgan fingerprint density at radius 2 is 1.85 bits per heavy atom. The average Bonchev–Trinajstić information content (AvgIpc) is 3.23. The van der Waals surface area contributed by atoms with Crippen molar-refractivity contribution < 1.29 is 28.8 Å². The number of hydrogen-bond donors (Lipinski definition) is 1. The van der Waals surface area contributed by atoms with E-state index in [4.69, 9.17) is 9.47 Å². The first-order valence-corrected chi connectivity index (χ1v) is 11.0. The summed E-state index contributed by atoms with van der Waals surface area (Å²) in [6.07, 6.45) is 1.39. The minimum absolute atomic E-state index is 0.0199. The Bertz CT molecular complexity index is 1090. The molecular formula is C24H27N3O7. The third-order valence-corrected chi connectivity index (χ3v) is 5.73. The monoisotopic (exact) mass is 469 g/mol. The number of methoxy groups -OCH3 is 1. The molecule has 0 saturated carbocycles. The van der Waals surface area contributed by atoms with E-state index in [2.05, 4.69) is 5.32 Å². The second-order valence-electron chi connectivity index (χ2n) is 7.83. The Morgan fingerprint density at radius 1 is 1.18 bits per heavy atom. The number of para-hydroxylation sites is 1. The van der Waals surface area contributed by atoms with Gasteiger partial charge in [0, 0.05) is 24.7 Å². The molecule has 3 rings (SSSR count). The second-order valence-corrected chi connectivity index (χ2v) is 7.83. The van der Waals surface area contributed by atoms with Crippen LogP contribution in [0.5, 0.6) is 5.75 Å². The maximum absolute atomic E-state index is 12.6. The van der Waals surface area contributed by atoms with Crippen LogP contribution in [-0.4, -0.2) is 43.0 Å². The smallest absolute Gasteiger partial charge is 0.311 e. The lowest BCUT2D eigenvalue weighted by atomic mass is 10.0. The predicted molar refractivity (Wildman–Crippen MR) is 125 cm³/mol. The molecule has 1 atom stereocenters. The molecular weight excluding hydrogens is 442 g/mol. The van der Waals surface area contributed by atoms with Crippen LogP contribution in [0, 0.1) is 16.0 Å². The van der Waals surface area contributed by atoms with Crippen LogP contribution in [0.1, 0.15) is 31.4 Å². The fourth-order valence-corrected chi connectivity index (χ4v) is 3.93. The Kier molecular flexibility index (Phi) is 7.83. The van der Waals surface area contributed by atoms with Crippen LogP contribution in [0.3, 0.4) is 0 Å². The van der Waals surface area contributed by atoms with Crippen LogP contribution >= 0.6 is 0 Å². The summed E-state index contributed by atoms with van der Waals surface area (Å²) in [6.45, 7) is 3.54. The first-order chi connectivity index (χ1) is 16.3. The quantitative estimate of drug-likeness (QED) is 0.339. The summed E-state index contributed by atoms with van der Waals surface area (Å²) in [5.74, 6) is -2.08. The van der Waals surface area contributed by atoms with E-state index < -0.39 is 29.3 Å². The summed E-state index contributed by atoms with van der Waals surface area (Å²) in [5, 5.41) is 13.8. The summed E-state index contributed by atoms with van der Waals surface area (Å²) in [6, 6.07) is 9.71. The molecule has 1 fully saturated rings. The summed E-state index contributed by atoms with van der Waals surface area (Å²) >= 11 is 0. The van der Waals surface area contributed by atoms with E-state index in [9.17, 15) is 24.5 Å². The van der Waals surface area contributed by atoms with E-state index >= 15 is 0 Å². The van der Waals surface area contributed by atoms with Crippen molar-refractivity contribution in [2.24, 2.45) is 5.92 Å². The topological polar surface area (TPSA) is 128 Å². The van der Waals surface area contributed by atoms with Crippen molar-refractivity contribution in [3.05, 3.63) is 57.6 Å². The number of esters is 1. The fourth-order valence-electron chi connectivity index (χ4n) is 3.93. The molecule has 0 aliphatic carbocycles. The molecule has 0 unspecified atom stereocenters. The van der Waals surface area contributed by atoms with Gasteiger partial charge in [0.1, 0.15) is 5.75 Å². The Labute approximate surface area is 197 Å². The zero-order valence-electron chi connectivity index (χ0n) is 19.3. The van der Waals surface area contributed by atoms with Gasteiger partial charge in [-0.2, -0.15) is 0 Å². The number of aryl methyl sites for hydroxylation is 2. The van der Waals surface area contributed by atoms with Crippen LogP contribution in [-0.2, 0) is 32.0 Å². The second kappa shape index (κ2) is 10.8. The molecule has 180 valence electrons. The fraction of sp³-hybridized carbons (Fsp3) is 0.375. The van der Waals surface area contributed by atoms with Gasteiger partial charge >= 0.3 is 5.97 Å². The first-order valence-electron chi connectivity index (χ1n) is 11.0. The number of hydrogen-bond acceptors (Lipinski definition) is 7. The molecule has 2 aromatic carbocycles. The van der Waals surface area contributed by atoms with Crippen LogP contribution < -0.4 is 15.0 Å². The molecule has 0 radical (unpaired) electrons. The number of nitro groups is 1. The van der Waals surface area contributed by atoms with Crippen molar-refractivity contribution in [3.63, 3.8) is 0 Å². The molecule has 1 N–H and O–H groups in total. The third kappa shape index (κ3) is 5.33. The molecule has 2 amide bonds. The van der Waals surface area contributed by atoms with Crippen molar-refractivity contribution >= 4 is 34.8 Å². The van der Waals surface area contributed by atoms with Crippen molar-refractivity contribution in [3.8, 4) is 5.75 Å². The number of anilines is 2. The number of nitrogens with one attached hydrogen (secondary N) is 1. The molecule has 0 aromatic heterocycles. The minimum Gasteiger partial charge on any atom is -0.494 e. The average molecular weight is 469 g/mol. The van der Waals surface area contributed by atoms with Gasteiger partial charge in [-0.1, -0.05) is 32.0 Å². The molecule has 34 heavy (non-hydrogen) atoms. The molecule has 2 aromatic rings. The molecule has 0 spiro atoms. The summed E-state index contributed by atoms with van der Waals surface area (Å²) in [4.78, 5) is 49.3. The predicted octanol–water partition coefficient (Wildman–Crippen LogP) is 3.26. The molecule has 10 nitrogen and oxygen atoms in total. The number of rotatable bonds is 9. The molecule has 10 heteroatoms. The number of benzene rings is 2. The van der Waals surface area contributed by atoms with Crippen LogP contribution in [0.2, 0.25) is 0 Å². The van der Waals surface area contributed by atoms with Gasteiger partial charge in [0.25, 0.3) is 11.6 Å². The number of nitro benzene ring substituents is 1. The van der Waals surface area contributed by atoms with Gasteiger partial charge in [-0.15, -0.1) is 0 Å². The number of nitrogens with zero attached hydrogens (tertiary/aromatic N) is 2. The largest absolute Gasteiger partial charge is 0.494 e. The maximum atomic E-state index is 12.6.